The summed E-state index contributed by atoms with van der Waals surface area (Å²) in [5.41, 5.74) is 3.27. The molecular formula is C25H32N4O3. The molecule has 2 aliphatic rings. The largest absolute Gasteiger partial charge is 0.497 e. The number of aromatic nitrogens is 1. The highest BCUT2D eigenvalue weighted by atomic mass is 16.5. The topological polar surface area (TPSA) is 74.8 Å². The molecule has 0 radical (unpaired) electrons. The van der Waals surface area contributed by atoms with Crippen molar-refractivity contribution in [3.8, 4) is 5.75 Å². The lowest BCUT2D eigenvalue weighted by atomic mass is 9.89. The van der Waals surface area contributed by atoms with Crippen LogP contribution in [0.1, 0.15) is 59.8 Å². The van der Waals surface area contributed by atoms with E-state index in [2.05, 4.69) is 5.32 Å². The van der Waals surface area contributed by atoms with Gasteiger partial charge in [0.1, 0.15) is 5.75 Å². The van der Waals surface area contributed by atoms with Crippen LogP contribution < -0.4 is 10.1 Å². The van der Waals surface area contributed by atoms with Gasteiger partial charge in [0.25, 0.3) is 5.91 Å². The third-order valence-corrected chi connectivity index (χ3v) is 6.43. The fourth-order valence-electron chi connectivity index (χ4n) is 4.60. The van der Waals surface area contributed by atoms with Crippen LogP contribution in [-0.4, -0.2) is 60.0 Å². The summed E-state index contributed by atoms with van der Waals surface area (Å²) in [6.45, 7) is 4.89. The lowest BCUT2D eigenvalue weighted by molar-refractivity contribution is 0.0721. The van der Waals surface area contributed by atoms with Gasteiger partial charge in [0.2, 0.25) is 0 Å². The second kappa shape index (κ2) is 10.0. The van der Waals surface area contributed by atoms with Crippen LogP contribution in [0, 0.1) is 6.92 Å². The number of piperidine rings is 2. The van der Waals surface area contributed by atoms with Crippen molar-refractivity contribution in [2.75, 3.05) is 38.6 Å². The van der Waals surface area contributed by atoms with Crippen molar-refractivity contribution >= 4 is 17.6 Å². The first-order valence-electron chi connectivity index (χ1n) is 11.5. The van der Waals surface area contributed by atoms with Gasteiger partial charge in [-0.1, -0.05) is 6.07 Å². The Morgan fingerprint density at radius 2 is 1.75 bits per heavy atom. The molecule has 3 heterocycles. The lowest BCUT2D eigenvalue weighted by Gasteiger charge is -2.33. The van der Waals surface area contributed by atoms with Gasteiger partial charge in [-0.3, -0.25) is 9.78 Å². The highest BCUT2D eigenvalue weighted by molar-refractivity contribution is 5.95. The summed E-state index contributed by atoms with van der Waals surface area (Å²) in [7, 11) is 1.61. The van der Waals surface area contributed by atoms with Crippen LogP contribution in [0.25, 0.3) is 0 Å². The van der Waals surface area contributed by atoms with Crippen LogP contribution in [0.5, 0.6) is 5.75 Å². The van der Waals surface area contributed by atoms with Crippen molar-refractivity contribution in [3.63, 3.8) is 0 Å². The molecule has 170 valence electrons. The predicted octanol–water partition coefficient (Wildman–Crippen LogP) is 4.44. The normalized spacial score (nSPS) is 17.2. The highest BCUT2D eigenvalue weighted by Crippen LogP contribution is 2.31. The van der Waals surface area contributed by atoms with E-state index in [9.17, 15) is 9.59 Å². The minimum atomic E-state index is -0.112. The summed E-state index contributed by atoms with van der Waals surface area (Å²) in [6.07, 6.45) is 4.92. The van der Waals surface area contributed by atoms with Gasteiger partial charge in [0, 0.05) is 49.5 Å². The number of carbonyl (C=O) groups excluding carboxylic acids is 2. The number of hydrogen-bond acceptors (Lipinski definition) is 4. The number of urea groups is 1. The average molecular weight is 437 g/mol. The van der Waals surface area contributed by atoms with Crippen LogP contribution in [0.4, 0.5) is 10.5 Å². The number of pyridine rings is 1. The van der Waals surface area contributed by atoms with Gasteiger partial charge in [0.15, 0.2) is 0 Å². The first kappa shape index (κ1) is 22.1. The zero-order chi connectivity index (χ0) is 22.5. The van der Waals surface area contributed by atoms with Gasteiger partial charge in [-0.15, -0.1) is 0 Å². The van der Waals surface area contributed by atoms with E-state index in [-0.39, 0.29) is 17.9 Å². The van der Waals surface area contributed by atoms with E-state index in [4.69, 9.17) is 9.72 Å². The smallest absolute Gasteiger partial charge is 0.321 e. The molecule has 1 aromatic heterocycles. The number of nitrogens with zero attached hydrogens (tertiary/aromatic N) is 3. The second-order valence-corrected chi connectivity index (χ2v) is 8.66. The summed E-state index contributed by atoms with van der Waals surface area (Å²) in [5.74, 6) is 0.989. The maximum Gasteiger partial charge on any atom is 0.321 e. The molecule has 2 saturated heterocycles. The van der Waals surface area contributed by atoms with Crippen molar-refractivity contribution in [1.29, 1.82) is 0 Å². The lowest BCUT2D eigenvalue weighted by Crippen LogP contribution is -2.41. The third-order valence-electron chi connectivity index (χ3n) is 6.43. The summed E-state index contributed by atoms with van der Waals surface area (Å²) < 4.78 is 5.23. The molecule has 2 aliphatic heterocycles. The number of nitrogens with one attached hydrogen (secondary N) is 1. The zero-order valence-corrected chi connectivity index (χ0v) is 19.0. The molecule has 0 spiro atoms. The number of benzene rings is 1. The Morgan fingerprint density at radius 3 is 2.47 bits per heavy atom. The van der Waals surface area contributed by atoms with Crippen molar-refractivity contribution < 1.29 is 14.3 Å². The van der Waals surface area contributed by atoms with E-state index >= 15 is 0 Å². The molecule has 0 bridgehead atoms. The van der Waals surface area contributed by atoms with Crippen molar-refractivity contribution in [3.05, 3.63) is 53.3 Å². The number of ether oxygens (including phenoxy) is 1. The number of carbonyl (C=O) groups is 2. The van der Waals surface area contributed by atoms with Crippen LogP contribution >= 0.6 is 0 Å². The van der Waals surface area contributed by atoms with Gasteiger partial charge in [-0.05, 0) is 63.3 Å². The quantitative estimate of drug-likeness (QED) is 0.769. The highest BCUT2D eigenvalue weighted by Gasteiger charge is 2.29. The Morgan fingerprint density at radius 1 is 1.00 bits per heavy atom. The van der Waals surface area contributed by atoms with Crippen LogP contribution in [0.15, 0.2) is 36.4 Å². The van der Waals surface area contributed by atoms with Crippen LogP contribution in [-0.2, 0) is 0 Å². The number of hydrogen-bond donors (Lipinski definition) is 1. The van der Waals surface area contributed by atoms with Gasteiger partial charge < -0.3 is 19.9 Å². The van der Waals surface area contributed by atoms with Crippen molar-refractivity contribution in [2.24, 2.45) is 0 Å². The standard InChI is InChI=1S/C25H32N4O3/c1-18-9-10-22(24(30)28-13-4-3-5-14-28)23(26-18)19-11-15-29(16-12-19)25(31)27-20-7-6-8-21(17-20)32-2/h6-10,17,19H,3-5,11-16H2,1-2H3,(H,27,31). The van der Waals surface area contributed by atoms with Crippen molar-refractivity contribution in [1.82, 2.24) is 14.8 Å². The number of likely N-dealkylation sites (tertiary alicyclic amines) is 2. The first-order chi connectivity index (χ1) is 15.5. The number of amides is 3. The SMILES string of the molecule is COc1cccc(NC(=O)N2CCC(c3nc(C)ccc3C(=O)N3CCCCC3)CC2)c1. The van der Waals surface area contributed by atoms with E-state index in [0.717, 1.165) is 55.7 Å². The van der Waals surface area contributed by atoms with Gasteiger partial charge in [0.05, 0.1) is 18.4 Å². The molecule has 2 aromatic rings. The van der Waals surface area contributed by atoms with Crippen molar-refractivity contribution in [2.45, 2.75) is 44.9 Å². The molecule has 1 aromatic carbocycles. The van der Waals surface area contributed by atoms with E-state index in [1.54, 1.807) is 13.2 Å². The van der Waals surface area contributed by atoms with Crippen LogP contribution in [0.3, 0.4) is 0 Å². The number of anilines is 1. The van der Waals surface area contributed by atoms with Gasteiger partial charge >= 0.3 is 6.03 Å². The van der Waals surface area contributed by atoms with Gasteiger partial charge in [-0.2, -0.15) is 0 Å². The van der Waals surface area contributed by atoms with E-state index in [1.807, 2.05) is 47.1 Å². The summed E-state index contributed by atoms with van der Waals surface area (Å²) in [6, 6.07) is 11.1. The molecule has 4 rings (SSSR count). The molecule has 3 amide bonds. The molecule has 2 fully saturated rings. The molecule has 0 unspecified atom stereocenters. The minimum absolute atomic E-state index is 0.102. The zero-order valence-electron chi connectivity index (χ0n) is 19.0. The first-order valence-corrected chi connectivity index (χ1v) is 11.5. The molecule has 7 nitrogen and oxygen atoms in total. The minimum Gasteiger partial charge on any atom is -0.497 e. The molecule has 0 atom stereocenters. The Bertz CT molecular complexity index is 963. The monoisotopic (exact) mass is 436 g/mol. The average Bonchev–Trinajstić information content (AvgIpc) is 2.84. The molecule has 7 heteroatoms. The third kappa shape index (κ3) is 5.03. The number of methoxy groups -OCH3 is 1. The number of rotatable bonds is 4. The van der Waals surface area contributed by atoms with E-state index in [0.29, 0.717) is 24.5 Å². The van der Waals surface area contributed by atoms with Gasteiger partial charge in [-0.25, -0.2) is 4.79 Å². The Kier molecular flexibility index (Phi) is 6.93. The Balaban J connectivity index is 1.42. The Labute approximate surface area is 189 Å². The van der Waals surface area contributed by atoms with E-state index < -0.39 is 0 Å². The van der Waals surface area contributed by atoms with Crippen LogP contribution in [0.2, 0.25) is 0 Å². The molecule has 1 N–H and O–H groups in total. The molecule has 0 saturated carbocycles. The van der Waals surface area contributed by atoms with E-state index in [1.165, 1.54) is 6.42 Å². The predicted molar refractivity (Wildman–Crippen MR) is 124 cm³/mol. The summed E-state index contributed by atoms with van der Waals surface area (Å²) in [4.78, 5) is 34.5. The summed E-state index contributed by atoms with van der Waals surface area (Å²) in [5, 5.41) is 2.95. The maximum atomic E-state index is 13.2. The second-order valence-electron chi connectivity index (χ2n) is 8.66. The summed E-state index contributed by atoms with van der Waals surface area (Å²) >= 11 is 0. The molecular weight excluding hydrogens is 404 g/mol. The molecule has 0 aliphatic carbocycles. The molecule has 32 heavy (non-hydrogen) atoms. The maximum absolute atomic E-state index is 13.2. The fraction of sp³-hybridized carbons (Fsp3) is 0.480. The number of aryl methyl sites for hydroxylation is 1. The Hall–Kier alpha value is -3.09. The fourth-order valence-corrected chi connectivity index (χ4v) is 4.60.